The molecule has 16 heteroatoms. The highest BCUT2D eigenvalue weighted by Crippen LogP contribution is 2.47. The van der Waals surface area contributed by atoms with E-state index in [4.69, 9.17) is 18.9 Å². The Kier molecular flexibility index (Phi) is 10.7. The van der Waals surface area contributed by atoms with E-state index in [2.05, 4.69) is 20.3 Å². The van der Waals surface area contributed by atoms with Gasteiger partial charge >= 0.3 is 6.09 Å². The lowest BCUT2D eigenvalue weighted by Gasteiger charge is -2.33. The average molecular weight is 770 g/mol. The van der Waals surface area contributed by atoms with Crippen LogP contribution in [-0.4, -0.2) is 103 Å². The number of hydrogen-bond donors (Lipinski definition) is 3. The van der Waals surface area contributed by atoms with Gasteiger partial charge in [0, 0.05) is 23.9 Å². The Labute approximate surface area is 315 Å². The third kappa shape index (κ3) is 8.28. The standard InChI is InChI=1S/C38H51N5O10S/c1-22-17-23(2)51-16-8-9-25-20-38(25,34(46)42-54(48,49)37(6)13-14-37)41-31(44)29-19-27(21-43(29)33(45)30(22)40-35(47)53-36(3,4)5)52-32-28-11-10-26(50-7)18-24(28)12-15-39-32/h8-12,15,18,22-23,25,27,29-30H,13-14,16-17,19-21H2,1-7H3,(H,40,47)(H,41,44)(H,42,46). The molecule has 3 N–H and O–H groups in total. The van der Waals surface area contributed by atoms with Crippen molar-refractivity contribution in [1.29, 1.82) is 0 Å². The Balaban J connectivity index is 1.35. The van der Waals surface area contributed by atoms with Gasteiger partial charge in [-0.05, 0) is 95.9 Å². The first-order valence-corrected chi connectivity index (χ1v) is 19.9. The van der Waals surface area contributed by atoms with Gasteiger partial charge in [0.05, 0.1) is 31.1 Å². The van der Waals surface area contributed by atoms with E-state index in [-0.39, 0.29) is 32.1 Å². The Morgan fingerprint density at radius 1 is 1.11 bits per heavy atom. The monoisotopic (exact) mass is 769 g/mol. The third-order valence-corrected chi connectivity index (χ3v) is 12.9. The molecule has 2 aliphatic heterocycles. The molecule has 7 atom stereocenters. The van der Waals surface area contributed by atoms with E-state index in [1.807, 2.05) is 32.0 Å². The molecular formula is C38H51N5O10S. The normalized spacial score (nSPS) is 29.8. The summed E-state index contributed by atoms with van der Waals surface area (Å²) in [6, 6.07) is 4.97. The van der Waals surface area contributed by atoms with Gasteiger partial charge < -0.3 is 34.5 Å². The molecule has 294 valence electrons. The van der Waals surface area contributed by atoms with Gasteiger partial charge in [0.15, 0.2) is 0 Å². The second-order valence-corrected chi connectivity index (χ2v) is 18.4. The molecule has 6 rings (SSSR count). The Bertz CT molecular complexity index is 1940. The highest BCUT2D eigenvalue weighted by atomic mass is 32.2. The van der Waals surface area contributed by atoms with Crippen LogP contribution in [0.5, 0.6) is 11.6 Å². The predicted octanol–water partition coefficient (Wildman–Crippen LogP) is 3.36. The number of pyridine rings is 1. The minimum atomic E-state index is -4.02. The molecule has 2 saturated carbocycles. The lowest BCUT2D eigenvalue weighted by Crippen LogP contribution is -2.59. The van der Waals surface area contributed by atoms with Crippen molar-refractivity contribution < 1.29 is 46.5 Å². The Hall–Kier alpha value is -4.44. The average Bonchev–Trinajstić information content (AvgIpc) is 3.97. The van der Waals surface area contributed by atoms with Crippen molar-refractivity contribution in [2.45, 2.75) is 114 Å². The molecule has 0 spiro atoms. The van der Waals surface area contributed by atoms with Crippen LogP contribution in [0.25, 0.3) is 10.8 Å². The van der Waals surface area contributed by atoms with E-state index >= 15 is 0 Å². The van der Waals surface area contributed by atoms with Crippen LogP contribution in [0.4, 0.5) is 4.79 Å². The van der Waals surface area contributed by atoms with Crippen molar-refractivity contribution in [3.8, 4) is 11.6 Å². The summed E-state index contributed by atoms with van der Waals surface area (Å²) in [6.07, 6.45) is 4.60. The van der Waals surface area contributed by atoms with Crippen LogP contribution in [0.15, 0.2) is 42.6 Å². The first-order valence-electron chi connectivity index (χ1n) is 18.4. The van der Waals surface area contributed by atoms with Crippen molar-refractivity contribution in [2.75, 3.05) is 20.3 Å². The van der Waals surface area contributed by atoms with Gasteiger partial charge in [0.25, 0.3) is 5.91 Å². The lowest BCUT2D eigenvalue weighted by molar-refractivity contribution is -0.142. The minimum Gasteiger partial charge on any atom is -0.497 e. The second kappa shape index (κ2) is 14.7. The molecule has 4 amide bonds. The fraction of sp³-hybridized carbons (Fsp3) is 0.605. The van der Waals surface area contributed by atoms with Crippen LogP contribution < -0.4 is 24.8 Å². The molecule has 0 bridgehead atoms. The van der Waals surface area contributed by atoms with Crippen LogP contribution >= 0.6 is 0 Å². The molecule has 2 aliphatic carbocycles. The zero-order valence-corrected chi connectivity index (χ0v) is 32.7. The molecule has 15 nitrogen and oxygen atoms in total. The lowest BCUT2D eigenvalue weighted by atomic mass is 9.94. The zero-order chi connectivity index (χ0) is 39.2. The van der Waals surface area contributed by atoms with Crippen LogP contribution in [0, 0.1) is 11.8 Å². The summed E-state index contributed by atoms with van der Waals surface area (Å²) >= 11 is 0. The van der Waals surface area contributed by atoms with Crippen LogP contribution in [-0.2, 0) is 33.9 Å². The zero-order valence-electron chi connectivity index (χ0n) is 31.8. The number of hydrogen-bond acceptors (Lipinski definition) is 11. The van der Waals surface area contributed by atoms with Crippen LogP contribution in [0.3, 0.4) is 0 Å². The molecule has 7 unspecified atom stereocenters. The molecule has 3 heterocycles. The van der Waals surface area contributed by atoms with Crippen molar-refractivity contribution in [3.05, 3.63) is 42.6 Å². The quantitative estimate of drug-likeness (QED) is 0.350. The SMILES string of the molecule is COc1ccc2c(OC3CC4C(=O)NC5(C(=O)NS(=O)(=O)C6(C)CC6)CC5C=CCOC(C)CC(C)C(NC(=O)OC(C)(C)C)C(=O)N4C3)nccc2c1. The molecule has 4 aliphatic rings. The minimum absolute atomic E-state index is 0.0213. The number of carbonyl (C=O) groups is 4. The van der Waals surface area contributed by atoms with E-state index in [0.29, 0.717) is 36.3 Å². The summed E-state index contributed by atoms with van der Waals surface area (Å²) in [5, 5.41) is 7.11. The summed E-state index contributed by atoms with van der Waals surface area (Å²) in [5.74, 6) is -2.10. The van der Waals surface area contributed by atoms with Gasteiger partial charge in [-0.1, -0.05) is 19.1 Å². The van der Waals surface area contributed by atoms with Gasteiger partial charge in [-0.2, -0.15) is 0 Å². The summed E-state index contributed by atoms with van der Waals surface area (Å²) in [7, 11) is -2.45. The molecule has 2 aromatic rings. The molecule has 1 aromatic carbocycles. The van der Waals surface area contributed by atoms with Gasteiger partial charge in [-0.25, -0.2) is 18.2 Å². The number of ether oxygens (including phenoxy) is 4. The molecule has 0 radical (unpaired) electrons. The molecule has 1 saturated heterocycles. The number of nitrogens with one attached hydrogen (secondary N) is 3. The highest BCUT2D eigenvalue weighted by Gasteiger charge is 2.63. The summed E-state index contributed by atoms with van der Waals surface area (Å²) in [6.45, 7) is 10.5. The molecule has 3 fully saturated rings. The Morgan fingerprint density at radius 3 is 2.54 bits per heavy atom. The topological polar surface area (TPSA) is 192 Å². The number of aromatic nitrogens is 1. The number of rotatable bonds is 7. The third-order valence-electron chi connectivity index (χ3n) is 10.7. The fourth-order valence-electron chi connectivity index (χ4n) is 7.18. The largest absolute Gasteiger partial charge is 0.497 e. The molecular weight excluding hydrogens is 719 g/mol. The number of methoxy groups -OCH3 is 1. The maximum absolute atomic E-state index is 14.7. The summed E-state index contributed by atoms with van der Waals surface area (Å²) < 4.78 is 50.8. The van der Waals surface area contributed by atoms with Crippen LogP contribution in [0.2, 0.25) is 0 Å². The van der Waals surface area contributed by atoms with Crippen LogP contribution in [0.1, 0.15) is 73.6 Å². The maximum Gasteiger partial charge on any atom is 0.408 e. The first-order chi connectivity index (χ1) is 25.3. The second-order valence-electron chi connectivity index (χ2n) is 16.2. The summed E-state index contributed by atoms with van der Waals surface area (Å²) in [4.78, 5) is 62.0. The van der Waals surface area contributed by atoms with Crippen molar-refractivity contribution in [1.82, 2.24) is 25.2 Å². The molecule has 54 heavy (non-hydrogen) atoms. The van der Waals surface area contributed by atoms with E-state index in [0.717, 1.165) is 5.39 Å². The number of sulfonamides is 1. The van der Waals surface area contributed by atoms with E-state index < -0.39 is 79.7 Å². The van der Waals surface area contributed by atoms with E-state index in [1.165, 1.54) is 4.90 Å². The van der Waals surface area contributed by atoms with Crippen molar-refractivity contribution in [2.24, 2.45) is 11.8 Å². The van der Waals surface area contributed by atoms with Gasteiger partial charge in [0.2, 0.25) is 27.7 Å². The number of alkyl carbamates (subject to hydrolysis) is 1. The first kappa shape index (κ1) is 39.3. The van der Waals surface area contributed by atoms with E-state index in [9.17, 15) is 27.6 Å². The van der Waals surface area contributed by atoms with E-state index in [1.54, 1.807) is 59.2 Å². The highest BCUT2D eigenvalue weighted by molar-refractivity contribution is 7.91. The van der Waals surface area contributed by atoms with Gasteiger partial charge in [-0.15, -0.1) is 0 Å². The number of fused-ring (bicyclic) bond motifs is 3. The smallest absolute Gasteiger partial charge is 0.408 e. The fourth-order valence-corrected chi connectivity index (χ4v) is 8.49. The summed E-state index contributed by atoms with van der Waals surface area (Å²) in [5.41, 5.74) is -2.42. The maximum atomic E-state index is 14.7. The predicted molar refractivity (Wildman–Crippen MR) is 198 cm³/mol. The number of benzene rings is 1. The van der Waals surface area contributed by atoms with Gasteiger partial charge in [0.1, 0.15) is 35.1 Å². The number of nitrogens with zero attached hydrogens (tertiary/aromatic N) is 2. The number of amides is 4. The van der Waals surface area contributed by atoms with Crippen molar-refractivity contribution >= 4 is 44.6 Å². The Morgan fingerprint density at radius 2 is 1.85 bits per heavy atom. The van der Waals surface area contributed by atoms with Gasteiger partial charge in [-0.3, -0.25) is 19.1 Å². The van der Waals surface area contributed by atoms with Crippen molar-refractivity contribution in [3.63, 3.8) is 0 Å². The molecule has 1 aromatic heterocycles. The number of carbonyl (C=O) groups excluding carboxylic acids is 4.